The summed E-state index contributed by atoms with van der Waals surface area (Å²) in [5.74, 6) is 1.14. The second-order valence-corrected chi connectivity index (χ2v) is 4.66. The van der Waals surface area contributed by atoms with Crippen LogP contribution in [0.2, 0.25) is 0 Å². The average molecular weight is 249 g/mol. The van der Waals surface area contributed by atoms with Gasteiger partial charge in [0.25, 0.3) is 0 Å². The molecule has 1 unspecified atom stereocenters. The van der Waals surface area contributed by atoms with Crippen LogP contribution in [0.15, 0.2) is 24.3 Å². The summed E-state index contributed by atoms with van der Waals surface area (Å²) in [6.07, 6.45) is 1.61. The first-order valence-electron chi connectivity index (χ1n) is 6.19. The lowest BCUT2D eigenvalue weighted by atomic mass is 10.1. The first kappa shape index (κ1) is 14.5. The molecule has 1 rings (SSSR count). The summed E-state index contributed by atoms with van der Waals surface area (Å²) in [7, 11) is 3.74. The van der Waals surface area contributed by atoms with Gasteiger partial charge in [-0.1, -0.05) is 12.1 Å². The number of nitrogens with two attached hydrogens (primary N) is 1. The molecular weight excluding hydrogens is 226 g/mol. The van der Waals surface area contributed by atoms with E-state index in [1.54, 1.807) is 7.11 Å². The van der Waals surface area contributed by atoms with Crippen LogP contribution in [0.3, 0.4) is 0 Å². The zero-order valence-corrected chi connectivity index (χ0v) is 11.4. The van der Waals surface area contributed by atoms with Crippen LogP contribution in [0.5, 0.6) is 5.75 Å². The minimum atomic E-state index is 0.249. The number of likely N-dealkylation sites (N-methyl/N-ethyl adjacent to an activating group) is 1. The summed E-state index contributed by atoms with van der Waals surface area (Å²) in [5, 5.41) is 7.30. The first-order valence-corrected chi connectivity index (χ1v) is 6.19. The number of nitrogens with zero attached hydrogens (tertiary/aromatic N) is 1. The van der Waals surface area contributed by atoms with E-state index in [4.69, 9.17) is 15.9 Å². The fourth-order valence-electron chi connectivity index (χ4n) is 1.79. The molecule has 0 radical (unpaired) electrons. The summed E-state index contributed by atoms with van der Waals surface area (Å²) >= 11 is 0. The lowest BCUT2D eigenvalue weighted by Crippen LogP contribution is -2.34. The van der Waals surface area contributed by atoms with Gasteiger partial charge in [-0.3, -0.25) is 5.41 Å². The number of rotatable bonds is 7. The van der Waals surface area contributed by atoms with Crippen molar-refractivity contribution in [3.63, 3.8) is 0 Å². The molecule has 0 aromatic heterocycles. The second-order valence-electron chi connectivity index (χ2n) is 4.66. The van der Waals surface area contributed by atoms with Crippen molar-refractivity contribution < 1.29 is 4.74 Å². The third-order valence-electron chi connectivity index (χ3n) is 3.18. The molecule has 0 spiro atoms. The van der Waals surface area contributed by atoms with Crippen molar-refractivity contribution in [1.82, 2.24) is 4.90 Å². The highest BCUT2D eigenvalue weighted by atomic mass is 16.5. The Balaban J connectivity index is 2.41. The maximum absolute atomic E-state index is 7.30. The van der Waals surface area contributed by atoms with Gasteiger partial charge in [-0.2, -0.15) is 0 Å². The van der Waals surface area contributed by atoms with Gasteiger partial charge in [-0.25, -0.2) is 0 Å². The Morgan fingerprint density at radius 3 is 2.50 bits per heavy atom. The zero-order valence-electron chi connectivity index (χ0n) is 11.4. The van der Waals surface area contributed by atoms with E-state index in [-0.39, 0.29) is 5.84 Å². The smallest absolute Gasteiger partial charge is 0.118 e. The minimum absolute atomic E-state index is 0.249. The molecule has 4 heteroatoms. The van der Waals surface area contributed by atoms with Crippen LogP contribution in [0.4, 0.5) is 0 Å². The van der Waals surface area contributed by atoms with Gasteiger partial charge >= 0.3 is 0 Å². The van der Waals surface area contributed by atoms with Gasteiger partial charge in [0.05, 0.1) is 12.9 Å². The lowest BCUT2D eigenvalue weighted by Gasteiger charge is -2.24. The second kappa shape index (κ2) is 7.01. The molecule has 1 aromatic rings. The molecule has 3 N–H and O–H groups in total. The van der Waals surface area contributed by atoms with Crippen LogP contribution in [0.25, 0.3) is 0 Å². The van der Waals surface area contributed by atoms with Crippen molar-refractivity contribution in [2.75, 3.05) is 20.7 Å². The standard InChI is InChI=1S/C14H23N3O/c1-11(10-14(15)16)17(2)9-8-12-4-6-13(18-3)7-5-12/h4-7,11H,8-10H2,1-3H3,(H3,15,16). The fourth-order valence-corrected chi connectivity index (χ4v) is 1.79. The molecule has 100 valence electrons. The van der Waals surface area contributed by atoms with E-state index in [1.165, 1.54) is 5.56 Å². The van der Waals surface area contributed by atoms with Gasteiger partial charge in [0.1, 0.15) is 5.75 Å². The number of amidine groups is 1. The molecule has 4 nitrogen and oxygen atoms in total. The van der Waals surface area contributed by atoms with Gasteiger partial charge in [-0.15, -0.1) is 0 Å². The van der Waals surface area contributed by atoms with E-state index in [0.717, 1.165) is 18.7 Å². The van der Waals surface area contributed by atoms with Crippen molar-refractivity contribution in [2.24, 2.45) is 5.73 Å². The quantitative estimate of drug-likeness (QED) is 0.573. The molecule has 0 aliphatic rings. The Labute approximate surface area is 109 Å². The van der Waals surface area contributed by atoms with E-state index < -0.39 is 0 Å². The predicted molar refractivity (Wildman–Crippen MR) is 75.3 cm³/mol. The normalized spacial score (nSPS) is 12.4. The fraction of sp³-hybridized carbons (Fsp3) is 0.500. The molecule has 0 fully saturated rings. The van der Waals surface area contributed by atoms with Gasteiger partial charge in [-0.05, 0) is 38.1 Å². The maximum atomic E-state index is 7.30. The Kier molecular flexibility index (Phi) is 5.65. The van der Waals surface area contributed by atoms with Crippen LogP contribution >= 0.6 is 0 Å². The summed E-state index contributed by atoms with van der Waals surface area (Å²) in [6.45, 7) is 3.05. The van der Waals surface area contributed by atoms with Crippen LogP contribution in [-0.4, -0.2) is 37.5 Å². The van der Waals surface area contributed by atoms with Crippen LogP contribution in [0, 0.1) is 5.41 Å². The molecule has 18 heavy (non-hydrogen) atoms. The highest BCUT2D eigenvalue weighted by molar-refractivity contribution is 5.77. The third-order valence-corrected chi connectivity index (χ3v) is 3.18. The third kappa shape index (κ3) is 4.75. The maximum Gasteiger partial charge on any atom is 0.118 e. The molecule has 0 bridgehead atoms. The van der Waals surface area contributed by atoms with Crippen LogP contribution < -0.4 is 10.5 Å². The van der Waals surface area contributed by atoms with E-state index >= 15 is 0 Å². The van der Waals surface area contributed by atoms with Gasteiger partial charge in [0.15, 0.2) is 0 Å². The molecule has 0 amide bonds. The number of hydrogen-bond donors (Lipinski definition) is 2. The van der Waals surface area contributed by atoms with E-state index in [1.807, 2.05) is 12.1 Å². The van der Waals surface area contributed by atoms with Crippen LogP contribution in [-0.2, 0) is 6.42 Å². The molecule has 1 atom stereocenters. The Bertz CT molecular complexity index is 375. The highest BCUT2D eigenvalue weighted by Gasteiger charge is 2.10. The Hall–Kier alpha value is -1.55. The van der Waals surface area contributed by atoms with Gasteiger partial charge in [0.2, 0.25) is 0 Å². The van der Waals surface area contributed by atoms with E-state index in [2.05, 4.69) is 31.0 Å². The van der Waals surface area contributed by atoms with E-state index in [9.17, 15) is 0 Å². The van der Waals surface area contributed by atoms with Crippen molar-refractivity contribution >= 4 is 5.84 Å². The molecule has 0 aliphatic heterocycles. The molecule has 1 aromatic carbocycles. The molecule has 0 saturated carbocycles. The first-order chi connectivity index (χ1) is 8.52. The summed E-state index contributed by atoms with van der Waals surface area (Å²) < 4.78 is 5.13. The minimum Gasteiger partial charge on any atom is -0.497 e. The Morgan fingerprint density at radius 2 is 2.00 bits per heavy atom. The summed E-state index contributed by atoms with van der Waals surface area (Å²) in [4.78, 5) is 2.23. The number of benzene rings is 1. The van der Waals surface area contributed by atoms with E-state index in [0.29, 0.717) is 12.5 Å². The summed E-state index contributed by atoms with van der Waals surface area (Å²) in [5.41, 5.74) is 6.70. The van der Waals surface area contributed by atoms with Crippen molar-refractivity contribution in [3.05, 3.63) is 29.8 Å². The highest BCUT2D eigenvalue weighted by Crippen LogP contribution is 2.12. The average Bonchev–Trinajstić information content (AvgIpc) is 2.35. The molecule has 0 heterocycles. The van der Waals surface area contributed by atoms with Crippen molar-refractivity contribution in [2.45, 2.75) is 25.8 Å². The lowest BCUT2D eigenvalue weighted by molar-refractivity contribution is 0.266. The van der Waals surface area contributed by atoms with Crippen molar-refractivity contribution in [3.8, 4) is 5.75 Å². The van der Waals surface area contributed by atoms with Crippen LogP contribution in [0.1, 0.15) is 18.9 Å². The molecule has 0 aliphatic carbocycles. The SMILES string of the molecule is COc1ccc(CCN(C)C(C)CC(=N)N)cc1. The topological polar surface area (TPSA) is 62.3 Å². The number of nitrogens with one attached hydrogen (secondary N) is 1. The molecular formula is C14H23N3O. The number of ether oxygens (including phenoxy) is 1. The zero-order chi connectivity index (χ0) is 13.5. The largest absolute Gasteiger partial charge is 0.497 e. The Morgan fingerprint density at radius 1 is 1.39 bits per heavy atom. The number of methoxy groups -OCH3 is 1. The molecule has 0 saturated heterocycles. The summed E-state index contributed by atoms with van der Waals surface area (Å²) in [6, 6.07) is 8.44. The number of hydrogen-bond acceptors (Lipinski definition) is 3. The van der Waals surface area contributed by atoms with Crippen molar-refractivity contribution in [1.29, 1.82) is 5.41 Å². The van der Waals surface area contributed by atoms with Gasteiger partial charge < -0.3 is 15.4 Å². The van der Waals surface area contributed by atoms with Gasteiger partial charge in [0, 0.05) is 19.0 Å². The monoisotopic (exact) mass is 249 g/mol. The predicted octanol–water partition coefficient (Wildman–Crippen LogP) is 1.88.